The quantitative estimate of drug-likeness (QED) is 0.673. The molecule has 0 bridgehead atoms. The predicted octanol–water partition coefficient (Wildman–Crippen LogP) is 4.26. The Kier molecular flexibility index (Phi) is 5.23. The first kappa shape index (κ1) is 21.3. The lowest BCUT2D eigenvalue weighted by atomic mass is 9.94. The summed E-state index contributed by atoms with van der Waals surface area (Å²) in [5, 5.41) is 8.54. The maximum Gasteiger partial charge on any atom is 0.182 e. The number of carbonyl (C=O) groups is 1. The average molecular weight is 425 g/mol. The molecule has 2 heterocycles. The van der Waals surface area contributed by atoms with Crippen molar-refractivity contribution in [3.63, 3.8) is 0 Å². The van der Waals surface area contributed by atoms with Crippen molar-refractivity contribution < 1.29 is 13.9 Å². The van der Waals surface area contributed by atoms with Gasteiger partial charge in [0.15, 0.2) is 5.78 Å². The van der Waals surface area contributed by atoms with Crippen LogP contribution in [0.3, 0.4) is 0 Å². The summed E-state index contributed by atoms with van der Waals surface area (Å²) >= 11 is 0. The van der Waals surface area contributed by atoms with Crippen molar-refractivity contribution in [2.24, 2.45) is 0 Å². The van der Waals surface area contributed by atoms with Crippen molar-refractivity contribution in [3.05, 3.63) is 52.3 Å². The number of anilines is 1. The zero-order chi connectivity index (χ0) is 22.5. The second kappa shape index (κ2) is 7.62. The molecule has 1 fully saturated rings. The van der Waals surface area contributed by atoms with Crippen LogP contribution in [0, 0.1) is 5.41 Å². The van der Waals surface area contributed by atoms with Crippen LogP contribution in [0.2, 0.25) is 0 Å². The number of pyridine rings is 1. The van der Waals surface area contributed by atoms with E-state index in [9.17, 15) is 9.18 Å². The molecule has 31 heavy (non-hydrogen) atoms. The van der Waals surface area contributed by atoms with Crippen molar-refractivity contribution >= 4 is 17.3 Å². The first-order valence-electron chi connectivity index (χ1n) is 10.6. The fraction of sp³-hybridized carbons (Fsp3) is 0.458. The van der Waals surface area contributed by atoms with E-state index in [1.165, 1.54) is 21.0 Å². The fourth-order valence-electron chi connectivity index (χ4n) is 4.04. The van der Waals surface area contributed by atoms with Crippen molar-refractivity contribution in [3.8, 4) is 5.75 Å². The Morgan fingerprint density at radius 1 is 1.32 bits per heavy atom. The molecule has 1 aromatic heterocycles. The third-order valence-corrected chi connectivity index (χ3v) is 5.95. The number of fused-ring (bicyclic) bond motifs is 1. The summed E-state index contributed by atoms with van der Waals surface area (Å²) in [6.07, 6.45) is 2.31. The van der Waals surface area contributed by atoms with Crippen LogP contribution in [-0.2, 0) is 12.2 Å². The predicted molar refractivity (Wildman–Crippen MR) is 119 cm³/mol. The van der Waals surface area contributed by atoms with Gasteiger partial charge in [-0.25, -0.2) is 9.37 Å². The van der Waals surface area contributed by atoms with E-state index in [2.05, 4.69) is 4.98 Å². The monoisotopic (exact) mass is 424 g/mol. The molecule has 1 N–H and O–H groups in total. The fourth-order valence-corrected chi connectivity index (χ4v) is 4.04. The van der Waals surface area contributed by atoms with Crippen LogP contribution in [0.4, 0.5) is 10.1 Å². The molecule has 0 saturated heterocycles. The molecule has 6 nitrogen and oxygen atoms in total. The van der Waals surface area contributed by atoms with Gasteiger partial charge in [-0.3, -0.25) is 10.2 Å². The van der Waals surface area contributed by atoms with Gasteiger partial charge in [-0.2, -0.15) is 0 Å². The van der Waals surface area contributed by atoms with Gasteiger partial charge in [0.25, 0.3) is 0 Å². The third-order valence-electron chi connectivity index (χ3n) is 5.95. The highest BCUT2D eigenvalue weighted by molar-refractivity contribution is 6.05. The van der Waals surface area contributed by atoms with E-state index in [0.29, 0.717) is 40.7 Å². The van der Waals surface area contributed by atoms with E-state index in [1.807, 2.05) is 31.1 Å². The lowest BCUT2D eigenvalue weighted by molar-refractivity contribution is 0.0962. The van der Waals surface area contributed by atoms with Crippen LogP contribution in [0.15, 0.2) is 24.3 Å². The minimum absolute atomic E-state index is 0.0410. The van der Waals surface area contributed by atoms with Gasteiger partial charge >= 0.3 is 0 Å². The zero-order valence-electron chi connectivity index (χ0n) is 18.8. The molecule has 0 atom stereocenters. The molecule has 1 aliphatic carbocycles. The van der Waals surface area contributed by atoms with E-state index >= 15 is 0 Å². The molecule has 7 heteroatoms. The maximum absolute atomic E-state index is 14.9. The van der Waals surface area contributed by atoms with Crippen LogP contribution < -0.4 is 9.64 Å². The second-order valence-electron chi connectivity index (χ2n) is 9.09. The molecule has 1 aromatic carbocycles. The summed E-state index contributed by atoms with van der Waals surface area (Å²) in [6.45, 7) is 3.43. The molecule has 2 aliphatic rings. The van der Waals surface area contributed by atoms with E-state index in [-0.39, 0.29) is 18.2 Å². The number of benzene rings is 1. The smallest absolute Gasteiger partial charge is 0.182 e. The Hall–Kier alpha value is -2.96. The first-order chi connectivity index (χ1) is 14.6. The van der Waals surface area contributed by atoms with Gasteiger partial charge in [-0.15, -0.1) is 0 Å². The molecule has 0 spiro atoms. The van der Waals surface area contributed by atoms with Crippen molar-refractivity contribution in [1.82, 2.24) is 9.88 Å². The molecule has 164 valence electrons. The molecule has 1 aliphatic heterocycles. The topological polar surface area (TPSA) is 69.5 Å². The number of amidine groups is 1. The molecule has 0 amide bonds. The van der Waals surface area contributed by atoms with Crippen LogP contribution in [-0.4, -0.2) is 49.3 Å². The summed E-state index contributed by atoms with van der Waals surface area (Å²) in [5.74, 6) is 1.04. The van der Waals surface area contributed by atoms with E-state index in [1.54, 1.807) is 17.0 Å². The number of alkyl halides is 1. The second-order valence-corrected chi connectivity index (χ2v) is 9.09. The number of methoxy groups -OCH3 is 1. The number of nitrogens with zero attached hydrogens (tertiary/aromatic N) is 3. The average Bonchev–Trinajstić information content (AvgIpc) is 3.52. The third kappa shape index (κ3) is 4.01. The Balaban J connectivity index is 1.61. The minimum Gasteiger partial charge on any atom is -0.494 e. The molecule has 1 saturated carbocycles. The Morgan fingerprint density at radius 3 is 2.61 bits per heavy atom. The molecule has 4 rings (SSSR count). The van der Waals surface area contributed by atoms with Crippen molar-refractivity contribution in [2.45, 2.75) is 44.8 Å². The molecular weight excluding hydrogens is 395 g/mol. The number of Topliss-reactive ketones (excluding diaryl/α,β-unsaturated/α-hetero) is 1. The van der Waals surface area contributed by atoms with Gasteiger partial charge in [0, 0.05) is 48.9 Å². The standard InChI is InChI=1S/C24H29FN4O2/c1-24(2,25)17-10-16(11-19(28(3)4)22(17)31-5)20(30)13-29-12-15-8-9-18(14-6-7-14)27-21(15)23(29)26/h8-11,14,26H,6-7,12-13H2,1-5H3. The van der Waals surface area contributed by atoms with E-state index in [0.717, 1.165) is 24.1 Å². The Labute approximate surface area is 182 Å². The van der Waals surface area contributed by atoms with Crippen LogP contribution in [0.1, 0.15) is 65.5 Å². The van der Waals surface area contributed by atoms with Crippen LogP contribution >= 0.6 is 0 Å². The van der Waals surface area contributed by atoms with Gasteiger partial charge in [-0.05, 0) is 44.9 Å². The van der Waals surface area contributed by atoms with E-state index < -0.39 is 5.67 Å². The SMILES string of the molecule is COc1c(N(C)C)cc(C(=O)CN2Cc3ccc(C4CC4)nc3C2=N)cc1C(C)(C)F. The summed E-state index contributed by atoms with van der Waals surface area (Å²) in [7, 11) is 5.17. The summed E-state index contributed by atoms with van der Waals surface area (Å²) in [6, 6.07) is 7.37. The highest BCUT2D eigenvalue weighted by atomic mass is 19.1. The summed E-state index contributed by atoms with van der Waals surface area (Å²) < 4.78 is 20.4. The van der Waals surface area contributed by atoms with Gasteiger partial charge in [0.1, 0.15) is 22.9 Å². The number of aromatic nitrogens is 1. The lowest BCUT2D eigenvalue weighted by Gasteiger charge is -2.25. The highest BCUT2D eigenvalue weighted by Crippen LogP contribution is 2.41. The van der Waals surface area contributed by atoms with E-state index in [4.69, 9.17) is 10.1 Å². The lowest BCUT2D eigenvalue weighted by Crippen LogP contribution is -2.31. The Morgan fingerprint density at radius 2 is 2.03 bits per heavy atom. The number of rotatable bonds is 7. The number of carbonyl (C=O) groups excluding carboxylic acids is 1. The van der Waals surface area contributed by atoms with Gasteiger partial charge in [-0.1, -0.05) is 6.07 Å². The first-order valence-corrected chi connectivity index (χ1v) is 10.6. The number of hydrogen-bond acceptors (Lipinski definition) is 5. The molecule has 0 unspecified atom stereocenters. The number of ketones is 1. The van der Waals surface area contributed by atoms with Crippen LogP contribution in [0.25, 0.3) is 0 Å². The summed E-state index contributed by atoms with van der Waals surface area (Å²) in [5.41, 5.74) is 2.39. The number of ether oxygens (including phenoxy) is 1. The Bertz CT molecular complexity index is 1050. The van der Waals surface area contributed by atoms with Crippen molar-refractivity contribution in [1.29, 1.82) is 5.41 Å². The van der Waals surface area contributed by atoms with Gasteiger partial charge < -0.3 is 14.5 Å². The number of hydrogen-bond donors (Lipinski definition) is 1. The van der Waals surface area contributed by atoms with Gasteiger partial charge in [0.05, 0.1) is 19.3 Å². The number of halogens is 1. The van der Waals surface area contributed by atoms with Crippen molar-refractivity contribution in [2.75, 3.05) is 32.6 Å². The number of nitrogens with one attached hydrogen (secondary N) is 1. The minimum atomic E-state index is -1.67. The zero-order valence-corrected chi connectivity index (χ0v) is 18.8. The largest absolute Gasteiger partial charge is 0.494 e. The molecular formula is C24H29FN4O2. The molecule has 0 radical (unpaired) electrons. The maximum atomic E-state index is 14.9. The van der Waals surface area contributed by atoms with Gasteiger partial charge in [0.2, 0.25) is 0 Å². The molecule has 2 aromatic rings. The van der Waals surface area contributed by atoms with Crippen LogP contribution in [0.5, 0.6) is 5.75 Å². The normalized spacial score (nSPS) is 15.8. The summed E-state index contributed by atoms with van der Waals surface area (Å²) in [4.78, 5) is 21.4. The highest BCUT2D eigenvalue weighted by Gasteiger charge is 2.32.